The Hall–Kier alpha value is -1.49. The minimum atomic E-state index is -0.657. The van der Waals surface area contributed by atoms with Gasteiger partial charge in [-0.3, -0.25) is 4.79 Å². The molecule has 1 fully saturated rings. The second-order valence-electron chi connectivity index (χ2n) is 5.46. The molecule has 0 aliphatic carbocycles. The van der Waals surface area contributed by atoms with Gasteiger partial charge in [0.15, 0.2) is 0 Å². The van der Waals surface area contributed by atoms with Crippen molar-refractivity contribution in [1.82, 2.24) is 10.2 Å². The number of halogens is 2. The molecule has 0 saturated carbocycles. The van der Waals surface area contributed by atoms with Crippen LogP contribution in [0.3, 0.4) is 0 Å². The molecule has 0 radical (unpaired) electrons. The molecule has 1 aromatic rings. The fourth-order valence-corrected chi connectivity index (χ4v) is 2.72. The maximum absolute atomic E-state index is 13.6. The molecule has 1 aliphatic heterocycles. The van der Waals surface area contributed by atoms with Crippen molar-refractivity contribution in [3.05, 3.63) is 35.4 Å². The minimum Gasteiger partial charge on any atom is -0.341 e. The number of nitrogens with zero attached hydrogens (tertiary/aromatic N) is 1. The van der Waals surface area contributed by atoms with Gasteiger partial charge in [0.05, 0.1) is 6.42 Å². The highest BCUT2D eigenvalue weighted by Gasteiger charge is 2.21. The van der Waals surface area contributed by atoms with Crippen LogP contribution in [0.5, 0.6) is 0 Å². The highest BCUT2D eigenvalue weighted by Crippen LogP contribution is 2.15. The van der Waals surface area contributed by atoms with Crippen LogP contribution in [0.2, 0.25) is 0 Å². The number of amides is 1. The van der Waals surface area contributed by atoms with Crippen molar-refractivity contribution in [2.45, 2.75) is 38.6 Å². The molecule has 0 aromatic heterocycles. The molecule has 1 heterocycles. The number of hydrogen-bond acceptors (Lipinski definition) is 2. The summed E-state index contributed by atoms with van der Waals surface area (Å²) in [4.78, 5) is 14.0. The van der Waals surface area contributed by atoms with E-state index in [-0.39, 0.29) is 23.9 Å². The topological polar surface area (TPSA) is 32.3 Å². The Bertz CT molecular complexity index is 467. The first-order valence-corrected chi connectivity index (χ1v) is 7.56. The van der Waals surface area contributed by atoms with Crippen LogP contribution in [0.25, 0.3) is 0 Å². The lowest BCUT2D eigenvalue weighted by Gasteiger charge is -2.30. The molecule has 1 atom stereocenters. The van der Waals surface area contributed by atoms with Crippen LogP contribution in [0, 0.1) is 11.6 Å². The number of carbonyl (C=O) groups excluding carboxylic acids is 1. The van der Waals surface area contributed by atoms with Crippen molar-refractivity contribution in [3.8, 4) is 0 Å². The van der Waals surface area contributed by atoms with Crippen LogP contribution < -0.4 is 5.32 Å². The Morgan fingerprint density at radius 2 is 2.05 bits per heavy atom. The van der Waals surface area contributed by atoms with E-state index in [0.717, 1.165) is 25.8 Å². The van der Waals surface area contributed by atoms with Gasteiger partial charge < -0.3 is 10.2 Å². The normalized spacial score (nSPS) is 18.5. The molecule has 1 saturated heterocycles. The van der Waals surface area contributed by atoms with Crippen LogP contribution in [-0.2, 0) is 11.2 Å². The number of carbonyl (C=O) groups is 1. The molecule has 1 aliphatic rings. The predicted molar refractivity (Wildman–Crippen MR) is 78.0 cm³/mol. The van der Waals surface area contributed by atoms with Crippen LogP contribution >= 0.6 is 0 Å². The zero-order valence-electron chi connectivity index (χ0n) is 12.4. The summed E-state index contributed by atoms with van der Waals surface area (Å²) in [6.45, 7) is 4.01. The van der Waals surface area contributed by atoms with Crippen molar-refractivity contribution < 1.29 is 13.6 Å². The number of benzene rings is 1. The third-order valence-corrected chi connectivity index (χ3v) is 3.98. The van der Waals surface area contributed by atoms with Crippen LogP contribution in [-0.4, -0.2) is 36.5 Å². The quantitative estimate of drug-likeness (QED) is 0.905. The fourth-order valence-electron chi connectivity index (χ4n) is 2.72. The van der Waals surface area contributed by atoms with E-state index in [2.05, 4.69) is 5.32 Å². The highest BCUT2D eigenvalue weighted by atomic mass is 19.1. The summed E-state index contributed by atoms with van der Waals surface area (Å²) in [5.74, 6) is -1.54. The Balaban J connectivity index is 1.99. The molecule has 0 spiro atoms. The summed E-state index contributed by atoms with van der Waals surface area (Å²) in [6, 6.07) is 3.96. The van der Waals surface area contributed by atoms with Crippen molar-refractivity contribution in [2.75, 3.05) is 19.6 Å². The Morgan fingerprint density at radius 3 is 2.62 bits per heavy atom. The number of hydrogen-bond donors (Lipinski definition) is 1. The van der Waals surface area contributed by atoms with Gasteiger partial charge in [-0.2, -0.15) is 0 Å². The molecule has 1 aromatic carbocycles. The molecular weight excluding hydrogens is 274 g/mol. The standard InChI is InChI=1S/C16H22F2N2O/c1-2-20(11-12-6-3-4-9-19-12)16(21)10-13-14(17)7-5-8-15(13)18/h5,7-8,12,19H,2-4,6,9-11H2,1H3. The van der Waals surface area contributed by atoms with Crippen LogP contribution in [0.4, 0.5) is 8.78 Å². The van der Waals surface area contributed by atoms with Gasteiger partial charge in [-0.25, -0.2) is 8.78 Å². The Morgan fingerprint density at radius 1 is 1.33 bits per heavy atom. The molecule has 5 heteroatoms. The van der Waals surface area contributed by atoms with Crippen molar-refractivity contribution in [3.63, 3.8) is 0 Å². The molecule has 1 unspecified atom stereocenters. The monoisotopic (exact) mass is 296 g/mol. The first kappa shape index (κ1) is 15.9. The smallest absolute Gasteiger partial charge is 0.227 e. The van der Waals surface area contributed by atoms with E-state index in [0.29, 0.717) is 13.1 Å². The first-order valence-electron chi connectivity index (χ1n) is 7.56. The van der Waals surface area contributed by atoms with Crippen LogP contribution in [0.1, 0.15) is 31.7 Å². The summed E-state index contributed by atoms with van der Waals surface area (Å²) in [7, 11) is 0. The summed E-state index contributed by atoms with van der Waals surface area (Å²) >= 11 is 0. The summed E-state index contributed by atoms with van der Waals surface area (Å²) < 4.78 is 27.2. The highest BCUT2D eigenvalue weighted by molar-refractivity contribution is 5.79. The van der Waals surface area contributed by atoms with Gasteiger partial charge in [-0.1, -0.05) is 12.5 Å². The zero-order valence-corrected chi connectivity index (χ0v) is 12.4. The van der Waals surface area contributed by atoms with E-state index >= 15 is 0 Å². The third kappa shape index (κ3) is 4.24. The van der Waals surface area contributed by atoms with E-state index in [1.54, 1.807) is 4.90 Å². The maximum atomic E-state index is 13.6. The molecule has 116 valence electrons. The predicted octanol–water partition coefficient (Wildman–Crippen LogP) is 2.50. The van der Waals surface area contributed by atoms with E-state index in [4.69, 9.17) is 0 Å². The molecule has 21 heavy (non-hydrogen) atoms. The fraction of sp³-hybridized carbons (Fsp3) is 0.562. The van der Waals surface area contributed by atoms with Gasteiger partial charge in [0.25, 0.3) is 0 Å². The number of nitrogens with one attached hydrogen (secondary N) is 1. The lowest BCUT2D eigenvalue weighted by atomic mass is 10.0. The van der Waals surface area contributed by atoms with Gasteiger partial charge in [0.1, 0.15) is 11.6 Å². The van der Waals surface area contributed by atoms with E-state index in [1.165, 1.54) is 18.2 Å². The minimum absolute atomic E-state index is 0.141. The van der Waals surface area contributed by atoms with Crippen molar-refractivity contribution in [1.29, 1.82) is 0 Å². The van der Waals surface area contributed by atoms with Crippen molar-refractivity contribution in [2.24, 2.45) is 0 Å². The first-order chi connectivity index (χ1) is 10.1. The molecule has 1 amide bonds. The summed E-state index contributed by atoms with van der Waals surface area (Å²) in [6.07, 6.45) is 3.14. The van der Waals surface area contributed by atoms with Crippen molar-refractivity contribution >= 4 is 5.91 Å². The van der Waals surface area contributed by atoms with E-state index < -0.39 is 11.6 Å². The number of rotatable bonds is 5. The van der Waals surface area contributed by atoms with Gasteiger partial charge in [0.2, 0.25) is 5.91 Å². The zero-order chi connectivity index (χ0) is 15.2. The van der Waals surface area contributed by atoms with E-state index in [1.807, 2.05) is 6.92 Å². The van der Waals surface area contributed by atoms with Gasteiger partial charge in [-0.15, -0.1) is 0 Å². The lowest BCUT2D eigenvalue weighted by molar-refractivity contribution is -0.130. The SMILES string of the molecule is CCN(CC1CCCCN1)C(=O)Cc1c(F)cccc1F. The largest absolute Gasteiger partial charge is 0.341 e. The van der Waals surface area contributed by atoms with Gasteiger partial charge >= 0.3 is 0 Å². The third-order valence-electron chi connectivity index (χ3n) is 3.98. The molecule has 1 N–H and O–H groups in total. The summed E-state index contributed by atoms with van der Waals surface area (Å²) in [5.41, 5.74) is -0.141. The van der Waals surface area contributed by atoms with E-state index in [9.17, 15) is 13.6 Å². The second kappa shape index (κ2) is 7.50. The molecule has 3 nitrogen and oxygen atoms in total. The molecular formula is C16H22F2N2O. The average molecular weight is 296 g/mol. The average Bonchev–Trinajstić information content (AvgIpc) is 2.49. The molecule has 2 rings (SSSR count). The van der Waals surface area contributed by atoms with Gasteiger partial charge in [0, 0.05) is 24.7 Å². The molecule has 0 bridgehead atoms. The van der Waals surface area contributed by atoms with Gasteiger partial charge in [-0.05, 0) is 38.4 Å². The van der Waals surface area contributed by atoms with Crippen LogP contribution in [0.15, 0.2) is 18.2 Å². The lowest BCUT2D eigenvalue weighted by Crippen LogP contribution is -2.46. The maximum Gasteiger partial charge on any atom is 0.227 e. The number of likely N-dealkylation sites (N-methyl/N-ethyl adjacent to an activating group) is 1. The Kier molecular flexibility index (Phi) is 5.67. The second-order valence-corrected chi connectivity index (χ2v) is 5.46. The Labute approximate surface area is 124 Å². The number of piperidine rings is 1. The summed E-state index contributed by atoms with van der Waals surface area (Å²) in [5, 5.41) is 3.38.